The predicted molar refractivity (Wildman–Crippen MR) is 105 cm³/mol. The van der Waals surface area contributed by atoms with Gasteiger partial charge in [-0.1, -0.05) is 23.7 Å². The van der Waals surface area contributed by atoms with Crippen molar-refractivity contribution in [2.75, 3.05) is 11.4 Å². The zero-order chi connectivity index (χ0) is 19.0. The minimum atomic E-state index is -0.294. The highest BCUT2D eigenvalue weighted by Crippen LogP contribution is 2.30. The summed E-state index contributed by atoms with van der Waals surface area (Å²) in [5, 5.41) is 3.41. The van der Waals surface area contributed by atoms with Gasteiger partial charge in [0.05, 0.1) is 27.8 Å². The van der Waals surface area contributed by atoms with Crippen LogP contribution in [0.15, 0.2) is 42.5 Å². The van der Waals surface area contributed by atoms with Gasteiger partial charge in [-0.25, -0.2) is 4.98 Å². The lowest BCUT2D eigenvalue weighted by Crippen LogP contribution is -2.28. The summed E-state index contributed by atoms with van der Waals surface area (Å²) in [6.07, 6.45) is 1.31. The van der Waals surface area contributed by atoms with Gasteiger partial charge in [-0.3, -0.25) is 9.59 Å². The molecule has 1 aliphatic heterocycles. The van der Waals surface area contributed by atoms with Gasteiger partial charge >= 0.3 is 0 Å². The van der Waals surface area contributed by atoms with Gasteiger partial charge in [0, 0.05) is 18.5 Å². The number of H-pyrrole nitrogens is 1. The van der Waals surface area contributed by atoms with Gasteiger partial charge < -0.3 is 15.2 Å². The number of fused-ring (bicyclic) bond motifs is 1. The summed E-state index contributed by atoms with van der Waals surface area (Å²) in [6, 6.07) is 12.4. The van der Waals surface area contributed by atoms with E-state index < -0.39 is 0 Å². The van der Waals surface area contributed by atoms with Gasteiger partial charge in [0.2, 0.25) is 5.91 Å². The molecular weight excluding hydrogens is 364 g/mol. The molecule has 0 radical (unpaired) electrons. The minimum absolute atomic E-state index is 0.0325. The Hall–Kier alpha value is -2.86. The molecule has 138 valence electrons. The van der Waals surface area contributed by atoms with E-state index in [1.807, 2.05) is 31.2 Å². The van der Waals surface area contributed by atoms with Crippen LogP contribution in [-0.2, 0) is 4.79 Å². The molecule has 0 bridgehead atoms. The van der Waals surface area contributed by atoms with Crippen LogP contribution in [-0.4, -0.2) is 28.3 Å². The number of aromatic amines is 1. The standard InChI is InChI=1S/C20H19ClN4O2/c1-12(19-23-15-5-2-3-6-16(15)24-19)22-20(27)13-8-9-14(21)17(11-13)25-10-4-7-18(25)26/h2-3,5-6,8-9,11-12H,4,7,10H2,1H3,(H,22,27)(H,23,24)/t12-/m0/s1. The molecule has 1 saturated heterocycles. The van der Waals surface area contributed by atoms with Crippen molar-refractivity contribution in [3.05, 3.63) is 58.9 Å². The van der Waals surface area contributed by atoms with E-state index in [0.717, 1.165) is 17.5 Å². The second-order valence-corrected chi connectivity index (χ2v) is 7.06. The number of amides is 2. The van der Waals surface area contributed by atoms with E-state index in [0.29, 0.717) is 35.1 Å². The molecule has 4 rings (SSSR count). The fraction of sp³-hybridized carbons (Fsp3) is 0.250. The number of carbonyl (C=O) groups excluding carboxylic acids is 2. The van der Waals surface area contributed by atoms with E-state index in [4.69, 9.17) is 11.6 Å². The van der Waals surface area contributed by atoms with Crippen LogP contribution >= 0.6 is 11.6 Å². The molecule has 6 nitrogen and oxygen atoms in total. The summed E-state index contributed by atoms with van der Waals surface area (Å²) in [5.41, 5.74) is 2.82. The van der Waals surface area contributed by atoms with E-state index in [1.54, 1.807) is 23.1 Å². The van der Waals surface area contributed by atoms with E-state index in [2.05, 4.69) is 15.3 Å². The topological polar surface area (TPSA) is 78.1 Å². The monoisotopic (exact) mass is 382 g/mol. The average Bonchev–Trinajstić information content (AvgIpc) is 3.28. The molecule has 1 aromatic heterocycles. The van der Waals surface area contributed by atoms with E-state index >= 15 is 0 Å². The number of nitrogens with one attached hydrogen (secondary N) is 2. The quantitative estimate of drug-likeness (QED) is 0.719. The Morgan fingerprint density at radius 1 is 1.30 bits per heavy atom. The highest BCUT2D eigenvalue weighted by atomic mass is 35.5. The molecule has 0 spiro atoms. The SMILES string of the molecule is C[C@H](NC(=O)c1ccc(Cl)c(N2CCCC2=O)c1)c1nc2ccccc2[nH]1. The Morgan fingerprint density at radius 2 is 2.11 bits per heavy atom. The minimum Gasteiger partial charge on any atom is -0.342 e. The smallest absolute Gasteiger partial charge is 0.251 e. The lowest BCUT2D eigenvalue weighted by atomic mass is 10.1. The van der Waals surface area contributed by atoms with Crippen LogP contribution in [0, 0.1) is 0 Å². The van der Waals surface area contributed by atoms with Gasteiger partial charge in [0.15, 0.2) is 0 Å². The summed E-state index contributed by atoms with van der Waals surface area (Å²) in [4.78, 5) is 34.1. The summed E-state index contributed by atoms with van der Waals surface area (Å²) in [6.45, 7) is 2.50. The van der Waals surface area contributed by atoms with Crippen molar-refractivity contribution < 1.29 is 9.59 Å². The Bertz CT molecular complexity index is 997. The van der Waals surface area contributed by atoms with Crippen molar-refractivity contribution in [3.8, 4) is 0 Å². The van der Waals surface area contributed by atoms with Crippen LogP contribution in [0.1, 0.15) is 42.0 Å². The van der Waals surface area contributed by atoms with Crippen molar-refractivity contribution in [2.24, 2.45) is 0 Å². The predicted octanol–water partition coefficient (Wildman–Crippen LogP) is 3.83. The molecule has 1 atom stereocenters. The van der Waals surface area contributed by atoms with Crippen LogP contribution < -0.4 is 10.2 Å². The molecular formula is C20H19ClN4O2. The maximum absolute atomic E-state index is 12.7. The van der Waals surface area contributed by atoms with Crippen molar-refractivity contribution in [1.82, 2.24) is 15.3 Å². The Balaban J connectivity index is 1.54. The Morgan fingerprint density at radius 3 is 2.85 bits per heavy atom. The molecule has 2 aromatic carbocycles. The third-order valence-electron chi connectivity index (χ3n) is 4.74. The zero-order valence-electron chi connectivity index (χ0n) is 14.8. The number of imidazole rings is 1. The van der Waals surface area contributed by atoms with Crippen molar-refractivity contribution in [2.45, 2.75) is 25.8 Å². The lowest BCUT2D eigenvalue weighted by Gasteiger charge is -2.19. The molecule has 2 amide bonds. The third-order valence-corrected chi connectivity index (χ3v) is 5.06. The Labute approximate surface area is 161 Å². The molecule has 3 aromatic rings. The summed E-state index contributed by atoms with van der Waals surface area (Å²) < 4.78 is 0. The molecule has 7 heteroatoms. The number of rotatable bonds is 4. The van der Waals surface area contributed by atoms with E-state index in [9.17, 15) is 9.59 Å². The molecule has 0 aliphatic carbocycles. The van der Waals surface area contributed by atoms with Crippen LogP contribution in [0.3, 0.4) is 0 Å². The van der Waals surface area contributed by atoms with Crippen molar-refractivity contribution in [3.63, 3.8) is 0 Å². The van der Waals surface area contributed by atoms with Gasteiger partial charge in [-0.15, -0.1) is 0 Å². The molecule has 27 heavy (non-hydrogen) atoms. The first-order valence-corrected chi connectivity index (χ1v) is 9.26. The maximum Gasteiger partial charge on any atom is 0.251 e. The third kappa shape index (κ3) is 3.40. The van der Waals surface area contributed by atoms with Gasteiger partial charge in [-0.05, 0) is 43.7 Å². The highest BCUT2D eigenvalue weighted by molar-refractivity contribution is 6.34. The maximum atomic E-state index is 12.7. The first-order valence-electron chi connectivity index (χ1n) is 8.88. The highest BCUT2D eigenvalue weighted by Gasteiger charge is 2.25. The summed E-state index contributed by atoms with van der Waals surface area (Å²) in [7, 11) is 0. The number of benzene rings is 2. The number of halogens is 1. The first kappa shape index (κ1) is 17.5. The molecule has 0 saturated carbocycles. The number of aromatic nitrogens is 2. The van der Waals surface area contributed by atoms with Gasteiger partial charge in [0.1, 0.15) is 5.82 Å². The first-order chi connectivity index (χ1) is 13.0. The molecule has 2 N–H and O–H groups in total. The van der Waals surface area contributed by atoms with Crippen LogP contribution in [0.25, 0.3) is 11.0 Å². The van der Waals surface area contributed by atoms with Crippen LogP contribution in [0.5, 0.6) is 0 Å². The number of hydrogen-bond donors (Lipinski definition) is 2. The number of para-hydroxylation sites is 2. The fourth-order valence-corrected chi connectivity index (χ4v) is 3.51. The van der Waals surface area contributed by atoms with Crippen LogP contribution in [0.2, 0.25) is 5.02 Å². The van der Waals surface area contributed by atoms with Crippen LogP contribution in [0.4, 0.5) is 5.69 Å². The van der Waals surface area contributed by atoms with Crippen molar-refractivity contribution >= 4 is 40.1 Å². The number of nitrogens with zero attached hydrogens (tertiary/aromatic N) is 2. The molecule has 0 unspecified atom stereocenters. The number of carbonyl (C=O) groups is 2. The zero-order valence-corrected chi connectivity index (χ0v) is 15.6. The number of hydrogen-bond acceptors (Lipinski definition) is 3. The second kappa shape index (κ2) is 7.04. The fourth-order valence-electron chi connectivity index (χ4n) is 3.29. The molecule has 1 fully saturated rings. The van der Waals surface area contributed by atoms with Crippen molar-refractivity contribution in [1.29, 1.82) is 0 Å². The largest absolute Gasteiger partial charge is 0.342 e. The molecule has 1 aliphatic rings. The second-order valence-electron chi connectivity index (χ2n) is 6.65. The van der Waals surface area contributed by atoms with E-state index in [-0.39, 0.29) is 17.9 Å². The lowest BCUT2D eigenvalue weighted by molar-refractivity contribution is -0.117. The van der Waals surface area contributed by atoms with Gasteiger partial charge in [-0.2, -0.15) is 0 Å². The number of anilines is 1. The van der Waals surface area contributed by atoms with E-state index in [1.165, 1.54) is 0 Å². The Kier molecular flexibility index (Phi) is 4.58. The summed E-state index contributed by atoms with van der Waals surface area (Å²) >= 11 is 6.25. The average molecular weight is 383 g/mol. The molecule has 2 heterocycles. The summed E-state index contributed by atoms with van der Waals surface area (Å²) in [5.74, 6) is 0.478. The van der Waals surface area contributed by atoms with Gasteiger partial charge in [0.25, 0.3) is 5.91 Å². The normalized spacial score (nSPS) is 15.3.